The number of aliphatic hydroxyl groups is 1. The summed E-state index contributed by atoms with van der Waals surface area (Å²) in [6.45, 7) is 7.95. The van der Waals surface area contributed by atoms with Gasteiger partial charge in [0.15, 0.2) is 0 Å². The maximum atomic E-state index is 8.56. The molecule has 1 fully saturated rings. The first-order chi connectivity index (χ1) is 6.33. The predicted molar refractivity (Wildman–Crippen MR) is 54.8 cm³/mol. The predicted octanol–water partition coefficient (Wildman–Crippen LogP) is 0.300. The number of hydrogen-bond acceptors (Lipinski definition) is 3. The molecule has 2 N–H and O–H groups in total. The molecule has 3 heteroatoms. The SMILES string of the molecule is CC1CCN(CCNCCO)CC1. The van der Waals surface area contributed by atoms with Crippen LogP contribution in [-0.2, 0) is 0 Å². The maximum Gasteiger partial charge on any atom is 0.0555 e. The van der Waals surface area contributed by atoms with Gasteiger partial charge in [-0.3, -0.25) is 0 Å². The Morgan fingerprint density at radius 1 is 1.31 bits per heavy atom. The van der Waals surface area contributed by atoms with Crippen LogP contribution in [-0.4, -0.2) is 49.3 Å². The number of rotatable bonds is 5. The quantitative estimate of drug-likeness (QED) is 0.606. The van der Waals surface area contributed by atoms with Crippen molar-refractivity contribution in [3.8, 4) is 0 Å². The van der Waals surface area contributed by atoms with E-state index in [9.17, 15) is 0 Å². The molecule has 3 nitrogen and oxygen atoms in total. The summed E-state index contributed by atoms with van der Waals surface area (Å²) in [5.74, 6) is 0.918. The standard InChI is InChI=1S/C10H22N2O/c1-10-2-6-12(7-3-10)8-4-11-5-9-13/h10-11,13H,2-9H2,1H3. The highest BCUT2D eigenvalue weighted by Gasteiger charge is 2.14. The molecular weight excluding hydrogens is 164 g/mol. The molecule has 1 aliphatic heterocycles. The van der Waals surface area contributed by atoms with Gasteiger partial charge in [0.05, 0.1) is 6.61 Å². The number of aliphatic hydroxyl groups excluding tert-OH is 1. The van der Waals surface area contributed by atoms with Crippen LogP contribution in [0.1, 0.15) is 19.8 Å². The Morgan fingerprint density at radius 3 is 2.62 bits per heavy atom. The molecule has 0 saturated carbocycles. The zero-order valence-electron chi connectivity index (χ0n) is 8.63. The van der Waals surface area contributed by atoms with E-state index in [0.29, 0.717) is 0 Å². The molecule has 0 radical (unpaired) electrons. The van der Waals surface area contributed by atoms with Crippen LogP contribution < -0.4 is 5.32 Å². The van der Waals surface area contributed by atoms with E-state index in [4.69, 9.17) is 5.11 Å². The lowest BCUT2D eigenvalue weighted by atomic mass is 9.99. The Kier molecular flexibility index (Phi) is 5.35. The molecule has 1 rings (SSSR count). The second kappa shape index (κ2) is 6.35. The van der Waals surface area contributed by atoms with Crippen LogP contribution in [0.2, 0.25) is 0 Å². The molecule has 0 atom stereocenters. The number of nitrogens with one attached hydrogen (secondary N) is 1. The van der Waals surface area contributed by atoms with Gasteiger partial charge >= 0.3 is 0 Å². The third-order valence-electron chi connectivity index (χ3n) is 2.77. The minimum absolute atomic E-state index is 0.247. The second-order valence-electron chi connectivity index (χ2n) is 4.00. The van der Waals surface area contributed by atoms with Gasteiger partial charge < -0.3 is 15.3 Å². The van der Waals surface area contributed by atoms with E-state index in [1.54, 1.807) is 0 Å². The number of likely N-dealkylation sites (tertiary alicyclic amines) is 1. The van der Waals surface area contributed by atoms with Crippen LogP contribution >= 0.6 is 0 Å². The van der Waals surface area contributed by atoms with Gasteiger partial charge in [-0.1, -0.05) is 6.92 Å². The first kappa shape index (κ1) is 11.0. The van der Waals surface area contributed by atoms with Gasteiger partial charge in [-0.2, -0.15) is 0 Å². The molecule has 0 amide bonds. The van der Waals surface area contributed by atoms with Crippen molar-refractivity contribution in [1.29, 1.82) is 0 Å². The molecule has 13 heavy (non-hydrogen) atoms. The highest BCUT2D eigenvalue weighted by Crippen LogP contribution is 2.14. The molecule has 0 aromatic rings. The van der Waals surface area contributed by atoms with Crippen molar-refractivity contribution in [1.82, 2.24) is 10.2 Å². The van der Waals surface area contributed by atoms with Crippen molar-refractivity contribution >= 4 is 0 Å². The summed E-state index contributed by atoms with van der Waals surface area (Å²) in [6, 6.07) is 0. The molecule has 1 saturated heterocycles. The van der Waals surface area contributed by atoms with Crippen LogP contribution in [0.3, 0.4) is 0 Å². The van der Waals surface area contributed by atoms with Crippen molar-refractivity contribution in [2.75, 3.05) is 39.3 Å². The average molecular weight is 186 g/mol. The molecule has 0 spiro atoms. The summed E-state index contributed by atoms with van der Waals surface area (Å²) in [6.07, 6.45) is 2.69. The second-order valence-corrected chi connectivity index (χ2v) is 4.00. The summed E-state index contributed by atoms with van der Waals surface area (Å²) >= 11 is 0. The van der Waals surface area contributed by atoms with Crippen molar-refractivity contribution in [3.05, 3.63) is 0 Å². The summed E-state index contributed by atoms with van der Waals surface area (Å²) in [5.41, 5.74) is 0. The summed E-state index contributed by atoms with van der Waals surface area (Å²) in [4.78, 5) is 2.50. The van der Waals surface area contributed by atoms with Gasteiger partial charge in [0, 0.05) is 19.6 Å². The number of piperidine rings is 1. The highest BCUT2D eigenvalue weighted by atomic mass is 16.3. The van der Waals surface area contributed by atoms with Gasteiger partial charge in [-0.25, -0.2) is 0 Å². The first-order valence-corrected chi connectivity index (χ1v) is 5.37. The molecule has 0 aromatic heterocycles. The normalized spacial score (nSPS) is 20.8. The largest absolute Gasteiger partial charge is 0.395 e. The third-order valence-corrected chi connectivity index (χ3v) is 2.77. The molecule has 0 aliphatic carbocycles. The Labute approximate surface area is 81.1 Å². The summed E-state index contributed by atoms with van der Waals surface area (Å²) in [5, 5.41) is 11.8. The highest BCUT2D eigenvalue weighted by molar-refractivity contribution is 4.69. The smallest absolute Gasteiger partial charge is 0.0555 e. The lowest BCUT2D eigenvalue weighted by Gasteiger charge is -2.30. The minimum Gasteiger partial charge on any atom is -0.395 e. The maximum absolute atomic E-state index is 8.56. The van der Waals surface area contributed by atoms with Gasteiger partial charge in [-0.05, 0) is 31.8 Å². The van der Waals surface area contributed by atoms with Crippen molar-refractivity contribution in [2.24, 2.45) is 5.92 Å². The lowest BCUT2D eigenvalue weighted by Crippen LogP contribution is -2.38. The van der Waals surface area contributed by atoms with Crippen LogP contribution in [0.25, 0.3) is 0 Å². The van der Waals surface area contributed by atoms with Gasteiger partial charge in [0.2, 0.25) is 0 Å². The Bertz CT molecular complexity index is 122. The lowest BCUT2D eigenvalue weighted by molar-refractivity contribution is 0.191. The van der Waals surface area contributed by atoms with Crippen LogP contribution in [0.15, 0.2) is 0 Å². The molecule has 0 bridgehead atoms. The first-order valence-electron chi connectivity index (χ1n) is 5.37. The van der Waals surface area contributed by atoms with Crippen molar-refractivity contribution in [2.45, 2.75) is 19.8 Å². The topological polar surface area (TPSA) is 35.5 Å². The molecule has 0 unspecified atom stereocenters. The summed E-state index contributed by atoms with van der Waals surface area (Å²) < 4.78 is 0. The third kappa shape index (κ3) is 4.60. The Balaban J connectivity index is 1.96. The van der Waals surface area contributed by atoms with E-state index in [1.165, 1.54) is 25.9 Å². The minimum atomic E-state index is 0.247. The fraction of sp³-hybridized carbons (Fsp3) is 1.00. The number of nitrogens with zero attached hydrogens (tertiary/aromatic N) is 1. The van der Waals surface area contributed by atoms with E-state index in [1.807, 2.05) is 0 Å². The van der Waals surface area contributed by atoms with E-state index < -0.39 is 0 Å². The molecular formula is C10H22N2O. The van der Waals surface area contributed by atoms with Crippen LogP contribution in [0, 0.1) is 5.92 Å². The molecule has 0 aromatic carbocycles. The fourth-order valence-corrected chi connectivity index (χ4v) is 1.73. The Morgan fingerprint density at radius 2 is 2.00 bits per heavy atom. The fourth-order valence-electron chi connectivity index (χ4n) is 1.73. The van der Waals surface area contributed by atoms with E-state index in [-0.39, 0.29) is 6.61 Å². The Hall–Kier alpha value is -0.120. The zero-order valence-corrected chi connectivity index (χ0v) is 8.63. The van der Waals surface area contributed by atoms with Crippen LogP contribution in [0.4, 0.5) is 0 Å². The monoisotopic (exact) mass is 186 g/mol. The van der Waals surface area contributed by atoms with E-state index >= 15 is 0 Å². The number of hydrogen-bond donors (Lipinski definition) is 2. The molecule has 1 heterocycles. The zero-order chi connectivity index (χ0) is 9.52. The van der Waals surface area contributed by atoms with Gasteiger partial charge in [-0.15, -0.1) is 0 Å². The van der Waals surface area contributed by atoms with E-state index in [0.717, 1.165) is 25.6 Å². The van der Waals surface area contributed by atoms with Crippen LogP contribution in [0.5, 0.6) is 0 Å². The molecule has 78 valence electrons. The summed E-state index contributed by atoms with van der Waals surface area (Å²) in [7, 11) is 0. The molecule has 1 aliphatic rings. The van der Waals surface area contributed by atoms with Gasteiger partial charge in [0.25, 0.3) is 0 Å². The van der Waals surface area contributed by atoms with Gasteiger partial charge in [0.1, 0.15) is 0 Å². The van der Waals surface area contributed by atoms with Crippen molar-refractivity contribution < 1.29 is 5.11 Å². The van der Waals surface area contributed by atoms with Crippen molar-refractivity contribution in [3.63, 3.8) is 0 Å². The van der Waals surface area contributed by atoms with E-state index in [2.05, 4.69) is 17.1 Å². The average Bonchev–Trinajstić information content (AvgIpc) is 2.15.